The van der Waals surface area contributed by atoms with E-state index >= 15 is 0 Å². The minimum absolute atomic E-state index is 0.0203. The van der Waals surface area contributed by atoms with Gasteiger partial charge in [-0.2, -0.15) is 0 Å². The summed E-state index contributed by atoms with van der Waals surface area (Å²) in [6.45, 7) is 4.46. The molecule has 10 heteroatoms. The van der Waals surface area contributed by atoms with Crippen LogP contribution < -0.4 is 10.1 Å². The number of ether oxygens (including phenoxy) is 1. The highest BCUT2D eigenvalue weighted by Gasteiger charge is 2.44. The Hall–Kier alpha value is -4.15. The van der Waals surface area contributed by atoms with Crippen molar-refractivity contribution in [2.24, 2.45) is 5.41 Å². The monoisotopic (exact) mass is 555 g/mol. The van der Waals surface area contributed by atoms with Crippen molar-refractivity contribution >= 4 is 28.3 Å². The van der Waals surface area contributed by atoms with Gasteiger partial charge in [0.05, 0.1) is 23.8 Å². The van der Waals surface area contributed by atoms with Crippen molar-refractivity contribution in [3.8, 4) is 22.9 Å². The fourth-order valence-electron chi connectivity index (χ4n) is 5.63. The fraction of sp³-hybridized carbons (Fsp3) is 0.300. The maximum atomic E-state index is 13.5. The number of carbonyl (C=O) groups is 2. The minimum atomic E-state index is -0.868. The first kappa shape index (κ1) is 26.1. The van der Waals surface area contributed by atoms with Gasteiger partial charge in [0, 0.05) is 34.7 Å². The molecule has 204 valence electrons. The molecule has 4 heterocycles. The summed E-state index contributed by atoms with van der Waals surface area (Å²) in [5.41, 5.74) is 4.55. The predicted molar refractivity (Wildman–Crippen MR) is 151 cm³/mol. The Morgan fingerprint density at radius 1 is 1.10 bits per heavy atom. The van der Waals surface area contributed by atoms with Crippen molar-refractivity contribution in [3.05, 3.63) is 82.9 Å². The standard InChI is InChI=1S/C30H29N5O4S/c1-30(2,28(38)33-29-34-31-17-40-29)25-21-7-3-4-8-24(21)39-26-22(25)13-14-23(32-26)18-9-11-19(12-10-18)27(37)35-15-5-6-20(35)16-36/h3-4,7-14,17,20,25,36H,5-6,15-16H2,1-2H3,(H,33,34,38)/t20-,25+/m1/s1. The van der Waals surface area contributed by atoms with Crippen molar-refractivity contribution in [2.45, 2.75) is 38.6 Å². The number of nitrogens with one attached hydrogen (secondary N) is 1. The molecule has 2 N–H and O–H groups in total. The van der Waals surface area contributed by atoms with E-state index in [2.05, 4.69) is 15.5 Å². The lowest BCUT2D eigenvalue weighted by Gasteiger charge is -2.37. The molecule has 2 aromatic heterocycles. The number of hydrogen-bond donors (Lipinski definition) is 2. The lowest BCUT2D eigenvalue weighted by atomic mass is 9.69. The number of hydrogen-bond acceptors (Lipinski definition) is 8. The number of fused-ring (bicyclic) bond motifs is 2. The number of benzene rings is 2. The van der Waals surface area contributed by atoms with E-state index in [1.807, 2.05) is 62.4 Å². The van der Waals surface area contributed by atoms with E-state index in [1.54, 1.807) is 22.5 Å². The number of nitrogens with zero attached hydrogens (tertiary/aromatic N) is 4. The van der Waals surface area contributed by atoms with Gasteiger partial charge < -0.3 is 20.1 Å². The van der Waals surface area contributed by atoms with Gasteiger partial charge in [-0.25, -0.2) is 4.98 Å². The number of para-hydroxylation sites is 1. The number of pyridine rings is 1. The first-order chi connectivity index (χ1) is 19.4. The smallest absolute Gasteiger partial charge is 0.254 e. The van der Waals surface area contributed by atoms with Gasteiger partial charge in [-0.1, -0.05) is 61.6 Å². The molecule has 2 atom stereocenters. The summed E-state index contributed by atoms with van der Waals surface area (Å²) in [7, 11) is 0. The van der Waals surface area contributed by atoms with Crippen LogP contribution in [0.25, 0.3) is 11.3 Å². The predicted octanol–water partition coefficient (Wildman–Crippen LogP) is 5.10. The quantitative estimate of drug-likeness (QED) is 0.340. The van der Waals surface area contributed by atoms with Gasteiger partial charge >= 0.3 is 0 Å². The number of rotatable bonds is 6. The van der Waals surface area contributed by atoms with E-state index in [0.717, 1.165) is 29.5 Å². The number of carbonyl (C=O) groups excluding carboxylic acids is 2. The molecule has 0 saturated carbocycles. The highest BCUT2D eigenvalue weighted by atomic mass is 32.1. The Bertz CT molecular complexity index is 1550. The summed E-state index contributed by atoms with van der Waals surface area (Å²) in [5.74, 6) is 0.537. The second kappa shape index (κ2) is 10.4. The molecule has 0 bridgehead atoms. The average molecular weight is 556 g/mol. The van der Waals surface area contributed by atoms with E-state index in [9.17, 15) is 14.7 Å². The van der Waals surface area contributed by atoms with Crippen molar-refractivity contribution < 1.29 is 19.4 Å². The Labute approximate surface area is 235 Å². The molecule has 9 nitrogen and oxygen atoms in total. The molecule has 2 aliphatic heterocycles. The van der Waals surface area contributed by atoms with E-state index < -0.39 is 5.41 Å². The largest absolute Gasteiger partial charge is 0.438 e. The second-order valence-electron chi connectivity index (χ2n) is 10.6. The fourth-order valence-corrected chi connectivity index (χ4v) is 6.07. The Morgan fingerprint density at radius 3 is 2.65 bits per heavy atom. The molecule has 6 rings (SSSR count). The highest BCUT2D eigenvalue weighted by molar-refractivity contribution is 7.13. The summed E-state index contributed by atoms with van der Waals surface area (Å²) in [6.07, 6.45) is 1.73. The molecule has 40 heavy (non-hydrogen) atoms. The minimum Gasteiger partial charge on any atom is -0.438 e. The summed E-state index contributed by atoms with van der Waals surface area (Å²) in [5, 5.41) is 20.7. The third-order valence-corrected chi connectivity index (χ3v) is 8.41. The van der Waals surface area contributed by atoms with Gasteiger partial charge in [-0.05, 0) is 37.1 Å². The van der Waals surface area contributed by atoms with Crippen molar-refractivity contribution in [1.29, 1.82) is 0 Å². The van der Waals surface area contributed by atoms with Crippen molar-refractivity contribution in [1.82, 2.24) is 20.1 Å². The SMILES string of the molecule is CC(C)(C(=O)Nc1nncs1)[C@H]1c2ccccc2Oc2nc(-c3ccc(C(=O)N4CCC[C@@H]4CO)cc3)ccc21. The topological polar surface area (TPSA) is 118 Å². The van der Waals surface area contributed by atoms with Crippen LogP contribution >= 0.6 is 11.3 Å². The normalized spacial score (nSPS) is 18.0. The third-order valence-electron chi connectivity index (χ3n) is 7.80. The van der Waals surface area contributed by atoms with Gasteiger partial charge in [0.15, 0.2) is 0 Å². The Balaban J connectivity index is 1.31. The lowest BCUT2D eigenvalue weighted by Crippen LogP contribution is -2.38. The van der Waals surface area contributed by atoms with Crippen LogP contribution in [-0.4, -0.2) is 56.2 Å². The van der Waals surface area contributed by atoms with Crippen LogP contribution in [-0.2, 0) is 4.79 Å². The van der Waals surface area contributed by atoms with Crippen LogP contribution in [0, 0.1) is 5.41 Å². The van der Waals surface area contributed by atoms with E-state index in [1.165, 1.54) is 11.3 Å². The van der Waals surface area contributed by atoms with Crippen LogP contribution in [0.1, 0.15) is 54.1 Å². The van der Waals surface area contributed by atoms with E-state index in [4.69, 9.17) is 9.72 Å². The maximum Gasteiger partial charge on any atom is 0.254 e. The number of amides is 2. The van der Waals surface area contributed by atoms with Crippen LogP contribution in [0.5, 0.6) is 11.6 Å². The zero-order valence-electron chi connectivity index (χ0n) is 22.2. The third kappa shape index (κ3) is 4.63. The molecule has 0 radical (unpaired) electrons. The Morgan fingerprint density at radius 2 is 1.90 bits per heavy atom. The van der Waals surface area contributed by atoms with Crippen molar-refractivity contribution in [2.75, 3.05) is 18.5 Å². The summed E-state index contributed by atoms with van der Waals surface area (Å²) < 4.78 is 6.26. The first-order valence-corrected chi connectivity index (χ1v) is 14.1. The number of likely N-dealkylation sites (tertiary alicyclic amines) is 1. The van der Waals surface area contributed by atoms with Crippen molar-refractivity contribution in [3.63, 3.8) is 0 Å². The molecule has 2 aliphatic rings. The molecule has 2 amide bonds. The molecule has 0 spiro atoms. The van der Waals surface area contributed by atoms with Gasteiger partial charge in [0.2, 0.25) is 16.9 Å². The van der Waals surface area contributed by atoms with E-state index in [0.29, 0.717) is 34.6 Å². The van der Waals surface area contributed by atoms with Gasteiger partial charge in [0.1, 0.15) is 11.3 Å². The second-order valence-corrected chi connectivity index (χ2v) is 11.5. The number of aliphatic hydroxyl groups is 1. The van der Waals surface area contributed by atoms with Crippen LogP contribution in [0.15, 0.2) is 66.2 Å². The molecule has 4 aromatic rings. The Kier molecular flexibility index (Phi) is 6.81. The molecule has 1 fully saturated rings. The molecule has 0 aliphatic carbocycles. The van der Waals surface area contributed by atoms with Gasteiger partial charge in [-0.15, -0.1) is 10.2 Å². The summed E-state index contributed by atoms with van der Waals surface area (Å²) >= 11 is 1.27. The molecular formula is C30H29N5O4S. The van der Waals surface area contributed by atoms with Gasteiger partial charge in [0.25, 0.3) is 5.91 Å². The number of anilines is 1. The molecular weight excluding hydrogens is 526 g/mol. The zero-order valence-corrected chi connectivity index (χ0v) is 23.0. The lowest BCUT2D eigenvalue weighted by molar-refractivity contribution is -0.124. The van der Waals surface area contributed by atoms with Crippen LogP contribution in [0.2, 0.25) is 0 Å². The number of aliphatic hydroxyl groups excluding tert-OH is 1. The highest BCUT2D eigenvalue weighted by Crippen LogP contribution is 2.52. The van der Waals surface area contributed by atoms with Crippen LogP contribution in [0.4, 0.5) is 5.13 Å². The first-order valence-electron chi connectivity index (χ1n) is 13.2. The molecule has 1 saturated heterocycles. The molecule has 2 aromatic carbocycles. The van der Waals surface area contributed by atoms with Crippen LogP contribution in [0.3, 0.4) is 0 Å². The summed E-state index contributed by atoms with van der Waals surface area (Å²) in [6, 6.07) is 18.8. The van der Waals surface area contributed by atoms with Gasteiger partial charge in [-0.3, -0.25) is 9.59 Å². The molecule has 0 unspecified atom stereocenters. The average Bonchev–Trinajstić information content (AvgIpc) is 3.67. The summed E-state index contributed by atoms with van der Waals surface area (Å²) in [4.78, 5) is 33.1. The zero-order chi connectivity index (χ0) is 27.9. The van der Waals surface area contributed by atoms with E-state index in [-0.39, 0.29) is 30.4 Å². The number of aromatic nitrogens is 3. The maximum absolute atomic E-state index is 13.5.